The average Bonchev–Trinajstić information content (AvgIpc) is 2.45. The second kappa shape index (κ2) is 7.81. The van der Waals surface area contributed by atoms with Gasteiger partial charge in [-0.05, 0) is 25.0 Å². The van der Waals surface area contributed by atoms with Gasteiger partial charge in [0, 0.05) is 12.7 Å². The number of primary amides is 1. The van der Waals surface area contributed by atoms with Crippen molar-refractivity contribution in [2.45, 2.75) is 32.2 Å². The van der Waals surface area contributed by atoms with Crippen LogP contribution in [0.4, 0.5) is 0 Å². The van der Waals surface area contributed by atoms with E-state index in [2.05, 4.69) is 10.3 Å². The van der Waals surface area contributed by atoms with Crippen LogP contribution in [0.1, 0.15) is 47.5 Å². The molecule has 20 heavy (non-hydrogen) atoms. The molecule has 0 spiro atoms. The minimum atomic E-state index is -0.571. The molecule has 2 amide bonds. The Morgan fingerprint density at radius 3 is 2.25 bits per heavy atom. The second-order valence-corrected chi connectivity index (χ2v) is 4.44. The maximum atomic E-state index is 12.1. The summed E-state index contributed by atoms with van der Waals surface area (Å²) in [5, 5.41) is 2.90. The molecule has 7 heteroatoms. The molecule has 6 nitrogen and oxygen atoms in total. The number of aromatic nitrogens is 1. The molecule has 0 aliphatic rings. The molecule has 0 aliphatic carbocycles. The highest BCUT2D eigenvalue weighted by molar-refractivity contribution is 5.95. The summed E-state index contributed by atoms with van der Waals surface area (Å²) in [7, 11) is 0. The summed E-state index contributed by atoms with van der Waals surface area (Å²) in [6.07, 6.45) is 2.77. The van der Waals surface area contributed by atoms with Crippen molar-refractivity contribution in [1.82, 2.24) is 10.3 Å². The van der Waals surface area contributed by atoms with Gasteiger partial charge in [-0.15, -0.1) is 12.4 Å². The molecule has 0 saturated carbocycles. The first-order valence-electron chi connectivity index (χ1n) is 6.26. The summed E-state index contributed by atoms with van der Waals surface area (Å²) in [6.45, 7) is 4.31. The normalized spacial score (nSPS) is 10.6. The van der Waals surface area contributed by atoms with Crippen LogP contribution in [-0.4, -0.2) is 28.9 Å². The first-order valence-corrected chi connectivity index (χ1v) is 6.26. The molecule has 0 bridgehead atoms. The molecular formula is C13H21ClN4O2. The van der Waals surface area contributed by atoms with Crippen molar-refractivity contribution in [1.29, 1.82) is 0 Å². The van der Waals surface area contributed by atoms with E-state index in [1.54, 1.807) is 0 Å². The van der Waals surface area contributed by atoms with E-state index in [1.807, 2.05) is 13.8 Å². The van der Waals surface area contributed by atoms with Gasteiger partial charge in [0.05, 0.1) is 11.1 Å². The molecule has 0 saturated heterocycles. The summed E-state index contributed by atoms with van der Waals surface area (Å²) in [5.41, 5.74) is 10.9. The third-order valence-electron chi connectivity index (χ3n) is 3.40. The lowest BCUT2D eigenvalue weighted by molar-refractivity contribution is 0.0888. The zero-order valence-electron chi connectivity index (χ0n) is 11.7. The van der Waals surface area contributed by atoms with E-state index >= 15 is 0 Å². The number of nitrogens with two attached hydrogens (primary N) is 2. The highest BCUT2D eigenvalue weighted by Crippen LogP contribution is 2.14. The highest BCUT2D eigenvalue weighted by Gasteiger charge is 2.27. The van der Waals surface area contributed by atoms with Crippen LogP contribution < -0.4 is 16.8 Å². The van der Waals surface area contributed by atoms with Crippen LogP contribution in [0.2, 0.25) is 0 Å². The Labute approximate surface area is 124 Å². The van der Waals surface area contributed by atoms with Gasteiger partial charge in [-0.25, -0.2) is 0 Å². The Morgan fingerprint density at radius 1 is 1.30 bits per heavy atom. The number of pyridine rings is 1. The lowest BCUT2D eigenvalue weighted by Crippen LogP contribution is -2.53. The molecule has 0 aliphatic heterocycles. The Balaban J connectivity index is 0.00000361. The van der Waals surface area contributed by atoms with Crippen LogP contribution >= 0.6 is 12.4 Å². The number of halogens is 1. The van der Waals surface area contributed by atoms with Gasteiger partial charge in [-0.2, -0.15) is 0 Å². The van der Waals surface area contributed by atoms with Crippen LogP contribution in [0.25, 0.3) is 0 Å². The van der Waals surface area contributed by atoms with Crippen LogP contribution in [0.15, 0.2) is 18.3 Å². The van der Waals surface area contributed by atoms with E-state index in [0.717, 1.165) is 12.8 Å². The van der Waals surface area contributed by atoms with Gasteiger partial charge in [-0.3, -0.25) is 14.6 Å². The molecule has 1 heterocycles. The average molecular weight is 301 g/mol. The van der Waals surface area contributed by atoms with Gasteiger partial charge in [0.15, 0.2) is 0 Å². The first kappa shape index (κ1) is 18.3. The van der Waals surface area contributed by atoms with Crippen LogP contribution in [0.5, 0.6) is 0 Å². The monoisotopic (exact) mass is 300 g/mol. The van der Waals surface area contributed by atoms with Crippen LogP contribution in [0, 0.1) is 0 Å². The second-order valence-electron chi connectivity index (χ2n) is 4.44. The summed E-state index contributed by atoms with van der Waals surface area (Å²) in [4.78, 5) is 26.9. The van der Waals surface area contributed by atoms with Crippen molar-refractivity contribution >= 4 is 24.2 Å². The summed E-state index contributed by atoms with van der Waals surface area (Å²) in [6, 6.07) is 2.95. The standard InChI is InChI=1S/C13H20N4O2.ClH/c1-3-13(4-2,8-14)17-12(19)10-6-5-9(7-16-10)11(15)18;/h5-7H,3-4,8,14H2,1-2H3,(H2,15,18)(H,17,19);1H. The zero-order chi connectivity index (χ0) is 14.5. The van der Waals surface area contributed by atoms with Crippen molar-refractivity contribution in [3.63, 3.8) is 0 Å². The molecule has 0 aromatic carbocycles. The van der Waals surface area contributed by atoms with Crippen molar-refractivity contribution in [3.05, 3.63) is 29.6 Å². The van der Waals surface area contributed by atoms with Gasteiger partial charge >= 0.3 is 0 Å². The minimum Gasteiger partial charge on any atom is -0.366 e. The Bertz CT molecular complexity index is 450. The van der Waals surface area contributed by atoms with Crippen molar-refractivity contribution in [2.75, 3.05) is 6.54 Å². The number of rotatable bonds is 6. The Morgan fingerprint density at radius 2 is 1.90 bits per heavy atom. The van der Waals surface area contributed by atoms with Crippen LogP contribution in [0.3, 0.4) is 0 Å². The third-order valence-corrected chi connectivity index (χ3v) is 3.40. The van der Waals surface area contributed by atoms with E-state index in [1.165, 1.54) is 18.3 Å². The molecule has 5 N–H and O–H groups in total. The van der Waals surface area contributed by atoms with E-state index in [0.29, 0.717) is 6.54 Å². The molecule has 0 unspecified atom stereocenters. The lowest BCUT2D eigenvalue weighted by Gasteiger charge is -2.31. The first-order chi connectivity index (χ1) is 8.98. The SMILES string of the molecule is CCC(CC)(CN)NC(=O)c1ccc(C(N)=O)cn1.Cl. The van der Waals surface area contributed by atoms with Gasteiger partial charge < -0.3 is 16.8 Å². The highest BCUT2D eigenvalue weighted by atomic mass is 35.5. The number of amides is 2. The Hall–Kier alpha value is -1.66. The fraction of sp³-hybridized carbons (Fsp3) is 0.462. The van der Waals surface area contributed by atoms with Crippen molar-refractivity contribution in [2.24, 2.45) is 11.5 Å². The summed E-state index contributed by atoms with van der Waals surface area (Å²) >= 11 is 0. The topological polar surface area (TPSA) is 111 Å². The van der Waals surface area contributed by atoms with E-state index in [9.17, 15) is 9.59 Å². The van der Waals surface area contributed by atoms with Gasteiger partial charge in [0.1, 0.15) is 5.69 Å². The number of hydrogen-bond donors (Lipinski definition) is 3. The molecule has 1 aromatic heterocycles. The maximum absolute atomic E-state index is 12.1. The molecular weight excluding hydrogens is 280 g/mol. The number of hydrogen-bond acceptors (Lipinski definition) is 4. The van der Waals surface area contributed by atoms with Crippen molar-refractivity contribution in [3.8, 4) is 0 Å². The molecule has 0 radical (unpaired) electrons. The maximum Gasteiger partial charge on any atom is 0.270 e. The molecule has 0 fully saturated rings. The molecule has 0 atom stereocenters. The number of nitrogens with one attached hydrogen (secondary N) is 1. The number of carbonyl (C=O) groups excluding carboxylic acids is 2. The summed E-state index contributed by atoms with van der Waals surface area (Å²) in [5.74, 6) is -0.872. The number of carbonyl (C=O) groups is 2. The van der Waals surface area contributed by atoms with Gasteiger partial charge in [-0.1, -0.05) is 13.8 Å². The predicted octanol–water partition coefficient (Wildman–Crippen LogP) is 0.850. The smallest absolute Gasteiger partial charge is 0.270 e. The number of nitrogens with zero attached hydrogens (tertiary/aromatic N) is 1. The molecule has 112 valence electrons. The van der Waals surface area contributed by atoms with Gasteiger partial charge in [0.2, 0.25) is 5.91 Å². The van der Waals surface area contributed by atoms with E-state index < -0.39 is 11.4 Å². The third kappa shape index (κ3) is 4.18. The molecule has 1 rings (SSSR count). The predicted molar refractivity (Wildman–Crippen MR) is 79.8 cm³/mol. The van der Waals surface area contributed by atoms with Crippen molar-refractivity contribution < 1.29 is 9.59 Å². The Kier molecular flexibility index (Phi) is 7.17. The van der Waals surface area contributed by atoms with Crippen LogP contribution in [-0.2, 0) is 0 Å². The quantitative estimate of drug-likeness (QED) is 0.723. The van der Waals surface area contributed by atoms with Gasteiger partial charge in [0.25, 0.3) is 5.91 Å². The lowest BCUT2D eigenvalue weighted by atomic mass is 9.93. The minimum absolute atomic E-state index is 0. The fourth-order valence-corrected chi connectivity index (χ4v) is 1.75. The fourth-order valence-electron chi connectivity index (χ4n) is 1.75. The zero-order valence-corrected chi connectivity index (χ0v) is 12.5. The largest absolute Gasteiger partial charge is 0.366 e. The van der Waals surface area contributed by atoms with E-state index in [-0.39, 0.29) is 29.6 Å². The molecule has 1 aromatic rings. The van der Waals surface area contributed by atoms with E-state index in [4.69, 9.17) is 11.5 Å². The summed E-state index contributed by atoms with van der Waals surface area (Å²) < 4.78 is 0.